The van der Waals surface area contributed by atoms with Crippen molar-refractivity contribution in [2.45, 2.75) is 6.54 Å². The predicted molar refractivity (Wildman–Crippen MR) is 110 cm³/mol. The molecule has 0 N–H and O–H groups in total. The minimum absolute atomic E-state index is 0. The van der Waals surface area contributed by atoms with Crippen LogP contribution in [0.25, 0.3) is 10.8 Å². The van der Waals surface area contributed by atoms with Crippen LogP contribution in [-0.4, -0.2) is 31.1 Å². The lowest BCUT2D eigenvalue weighted by Gasteiger charge is -2.36. The van der Waals surface area contributed by atoms with Crippen LogP contribution in [0.5, 0.6) is 0 Å². The van der Waals surface area contributed by atoms with E-state index in [0.717, 1.165) is 37.7 Å². The normalized spacial score (nSPS) is 15.2. The third kappa shape index (κ3) is 4.27. The van der Waals surface area contributed by atoms with E-state index in [0.29, 0.717) is 0 Å². The Morgan fingerprint density at radius 1 is 0.760 bits per heavy atom. The fraction of sp³-hybridized carbons (Fsp3) is 0.238. The van der Waals surface area contributed by atoms with Gasteiger partial charge >= 0.3 is 0 Å². The molecule has 0 aliphatic carbocycles. The van der Waals surface area contributed by atoms with Gasteiger partial charge in [-0.25, -0.2) is 0 Å². The summed E-state index contributed by atoms with van der Waals surface area (Å²) in [5.41, 5.74) is 2.67. The average Bonchev–Trinajstić information content (AvgIpc) is 2.64. The third-order valence-corrected chi connectivity index (χ3v) is 5.04. The van der Waals surface area contributed by atoms with Gasteiger partial charge in [0.15, 0.2) is 0 Å². The molecule has 2 nitrogen and oxygen atoms in total. The second-order valence-corrected chi connectivity index (χ2v) is 6.86. The zero-order valence-electron chi connectivity index (χ0n) is 14.1. The van der Waals surface area contributed by atoms with E-state index in [4.69, 9.17) is 11.6 Å². The highest BCUT2D eigenvalue weighted by Crippen LogP contribution is 2.23. The minimum Gasteiger partial charge on any atom is -0.369 e. The summed E-state index contributed by atoms with van der Waals surface area (Å²) in [5.74, 6) is 0. The van der Waals surface area contributed by atoms with E-state index in [-0.39, 0.29) is 12.4 Å². The smallest absolute Gasteiger partial charge is 0.0406 e. The van der Waals surface area contributed by atoms with E-state index in [1.807, 2.05) is 12.1 Å². The van der Waals surface area contributed by atoms with Crippen LogP contribution in [0.15, 0.2) is 66.7 Å². The molecule has 1 saturated heterocycles. The number of halogens is 2. The summed E-state index contributed by atoms with van der Waals surface area (Å²) in [7, 11) is 0. The lowest BCUT2D eigenvalue weighted by atomic mass is 10.1. The van der Waals surface area contributed by atoms with Gasteiger partial charge in [-0.2, -0.15) is 0 Å². The van der Waals surface area contributed by atoms with Crippen LogP contribution in [0.3, 0.4) is 0 Å². The Morgan fingerprint density at radius 2 is 1.44 bits per heavy atom. The molecule has 0 saturated carbocycles. The van der Waals surface area contributed by atoms with E-state index in [1.165, 1.54) is 22.0 Å². The van der Waals surface area contributed by atoms with Crippen LogP contribution in [0, 0.1) is 0 Å². The lowest BCUT2D eigenvalue weighted by molar-refractivity contribution is 0.250. The number of fused-ring (bicyclic) bond motifs is 1. The summed E-state index contributed by atoms with van der Waals surface area (Å²) >= 11 is 5.96. The van der Waals surface area contributed by atoms with Gasteiger partial charge in [-0.05, 0) is 40.6 Å². The largest absolute Gasteiger partial charge is 0.369 e. The van der Waals surface area contributed by atoms with E-state index < -0.39 is 0 Å². The number of rotatable bonds is 3. The molecule has 4 rings (SSSR count). The van der Waals surface area contributed by atoms with Gasteiger partial charge in [0.25, 0.3) is 0 Å². The van der Waals surface area contributed by atoms with Crippen molar-refractivity contribution >= 4 is 40.5 Å². The summed E-state index contributed by atoms with van der Waals surface area (Å²) in [6.07, 6.45) is 0. The van der Waals surface area contributed by atoms with Crippen LogP contribution in [0.4, 0.5) is 5.69 Å². The summed E-state index contributed by atoms with van der Waals surface area (Å²) in [4.78, 5) is 5.01. The van der Waals surface area contributed by atoms with Crippen molar-refractivity contribution in [3.63, 3.8) is 0 Å². The van der Waals surface area contributed by atoms with E-state index in [9.17, 15) is 0 Å². The fourth-order valence-corrected chi connectivity index (χ4v) is 3.51. The van der Waals surface area contributed by atoms with Crippen molar-refractivity contribution in [2.24, 2.45) is 0 Å². The molecule has 25 heavy (non-hydrogen) atoms. The second kappa shape index (κ2) is 8.09. The van der Waals surface area contributed by atoms with Crippen molar-refractivity contribution < 1.29 is 0 Å². The van der Waals surface area contributed by atoms with Gasteiger partial charge in [0.1, 0.15) is 0 Å². The Kier molecular flexibility index (Phi) is 5.85. The number of nitrogens with zero attached hydrogens (tertiary/aromatic N) is 2. The van der Waals surface area contributed by atoms with E-state index in [2.05, 4.69) is 64.4 Å². The molecule has 0 amide bonds. The first-order valence-electron chi connectivity index (χ1n) is 8.48. The molecule has 1 aliphatic rings. The molecule has 1 heterocycles. The Hall–Kier alpha value is -1.74. The van der Waals surface area contributed by atoms with Crippen molar-refractivity contribution in [3.05, 3.63) is 77.3 Å². The van der Waals surface area contributed by atoms with Gasteiger partial charge < -0.3 is 4.90 Å². The molecule has 1 aliphatic heterocycles. The average molecular weight is 373 g/mol. The Bertz CT molecular complexity index is 825. The predicted octanol–water partition coefficient (Wildman–Crippen LogP) is 5.24. The number of anilines is 1. The maximum Gasteiger partial charge on any atom is 0.0406 e. The van der Waals surface area contributed by atoms with Crippen LogP contribution in [0.1, 0.15) is 5.56 Å². The van der Waals surface area contributed by atoms with E-state index in [1.54, 1.807) is 0 Å². The minimum atomic E-state index is 0. The molecule has 3 aromatic carbocycles. The highest BCUT2D eigenvalue weighted by Gasteiger charge is 2.17. The molecule has 0 spiro atoms. The molecule has 0 radical (unpaired) electrons. The topological polar surface area (TPSA) is 6.48 Å². The van der Waals surface area contributed by atoms with Gasteiger partial charge in [-0.1, -0.05) is 54.1 Å². The Morgan fingerprint density at radius 3 is 2.16 bits per heavy atom. The number of piperazine rings is 1. The summed E-state index contributed by atoms with van der Waals surface area (Å²) < 4.78 is 0. The number of hydrogen-bond donors (Lipinski definition) is 0. The van der Waals surface area contributed by atoms with Crippen LogP contribution < -0.4 is 4.90 Å². The molecule has 0 atom stereocenters. The first-order valence-corrected chi connectivity index (χ1v) is 8.86. The number of hydrogen-bond acceptors (Lipinski definition) is 2. The molecule has 4 heteroatoms. The standard InChI is InChI=1S/C21H21ClN2.ClH/c22-20-8-5-17(6-9-20)16-23-11-13-24(14-12-23)21-10-7-18-3-1-2-4-19(18)15-21;/h1-10,15H,11-14,16H2;1H. The molecular weight excluding hydrogens is 351 g/mol. The van der Waals surface area contributed by atoms with Crippen LogP contribution >= 0.6 is 24.0 Å². The van der Waals surface area contributed by atoms with E-state index >= 15 is 0 Å². The van der Waals surface area contributed by atoms with Crippen molar-refractivity contribution in [1.82, 2.24) is 4.90 Å². The molecule has 0 bridgehead atoms. The van der Waals surface area contributed by atoms with Gasteiger partial charge in [0.05, 0.1) is 0 Å². The zero-order valence-corrected chi connectivity index (χ0v) is 15.6. The van der Waals surface area contributed by atoms with Crippen molar-refractivity contribution in [2.75, 3.05) is 31.1 Å². The SMILES string of the molecule is Cl.Clc1ccc(CN2CCN(c3ccc4ccccc4c3)CC2)cc1. The van der Waals surface area contributed by atoms with Gasteiger partial charge in [0.2, 0.25) is 0 Å². The summed E-state index contributed by atoms with van der Waals surface area (Å²) in [5, 5.41) is 3.43. The maximum absolute atomic E-state index is 5.96. The quantitative estimate of drug-likeness (QED) is 0.620. The first-order chi connectivity index (χ1) is 11.8. The highest BCUT2D eigenvalue weighted by atomic mass is 35.5. The first kappa shape index (κ1) is 18.1. The summed E-state index contributed by atoms with van der Waals surface area (Å²) in [6, 6.07) is 23.5. The monoisotopic (exact) mass is 372 g/mol. The second-order valence-electron chi connectivity index (χ2n) is 6.42. The number of benzene rings is 3. The third-order valence-electron chi connectivity index (χ3n) is 4.79. The van der Waals surface area contributed by atoms with Crippen molar-refractivity contribution in [1.29, 1.82) is 0 Å². The Labute approximate surface area is 160 Å². The highest BCUT2D eigenvalue weighted by molar-refractivity contribution is 6.30. The lowest BCUT2D eigenvalue weighted by Crippen LogP contribution is -2.45. The van der Waals surface area contributed by atoms with Gasteiger partial charge in [0, 0.05) is 43.4 Å². The zero-order chi connectivity index (χ0) is 16.4. The molecular formula is C21H22Cl2N2. The fourth-order valence-electron chi connectivity index (χ4n) is 3.39. The molecule has 0 aromatic heterocycles. The van der Waals surface area contributed by atoms with Crippen molar-refractivity contribution in [3.8, 4) is 0 Å². The van der Waals surface area contributed by atoms with Gasteiger partial charge in [-0.15, -0.1) is 12.4 Å². The molecule has 0 unspecified atom stereocenters. The Balaban J connectivity index is 0.00000182. The molecule has 3 aromatic rings. The van der Waals surface area contributed by atoms with Gasteiger partial charge in [-0.3, -0.25) is 4.90 Å². The van der Waals surface area contributed by atoms with Crippen LogP contribution in [0.2, 0.25) is 5.02 Å². The van der Waals surface area contributed by atoms with Crippen LogP contribution in [-0.2, 0) is 6.54 Å². The molecule has 130 valence electrons. The maximum atomic E-state index is 5.96. The molecule has 1 fully saturated rings. The summed E-state index contributed by atoms with van der Waals surface area (Å²) in [6.45, 7) is 5.34.